The van der Waals surface area contributed by atoms with E-state index < -0.39 is 0 Å². The third-order valence-electron chi connectivity index (χ3n) is 4.97. The number of ether oxygens (including phenoxy) is 2. The highest BCUT2D eigenvalue weighted by molar-refractivity contribution is 6.06. The number of anilines is 5. The number of rotatable bonds is 8. The summed E-state index contributed by atoms with van der Waals surface area (Å²) in [7, 11) is 3.17. The van der Waals surface area contributed by atoms with E-state index in [-0.39, 0.29) is 5.91 Å². The van der Waals surface area contributed by atoms with Crippen LogP contribution in [0.2, 0.25) is 0 Å². The van der Waals surface area contributed by atoms with Crippen molar-refractivity contribution in [1.29, 1.82) is 0 Å². The lowest BCUT2D eigenvalue weighted by Crippen LogP contribution is -2.13. The summed E-state index contributed by atoms with van der Waals surface area (Å²) in [5, 5.41) is 9.36. The van der Waals surface area contributed by atoms with Gasteiger partial charge < -0.3 is 25.4 Å². The summed E-state index contributed by atoms with van der Waals surface area (Å²) in [6.07, 6.45) is 0. The summed E-state index contributed by atoms with van der Waals surface area (Å²) in [4.78, 5) is 21.6. The number of hydrogen-bond acceptors (Lipinski definition) is 7. The van der Waals surface area contributed by atoms with Gasteiger partial charge in [-0.1, -0.05) is 12.1 Å². The Kier molecular flexibility index (Phi) is 6.88. The fourth-order valence-electron chi connectivity index (χ4n) is 3.31. The van der Waals surface area contributed by atoms with Crippen LogP contribution in [-0.4, -0.2) is 30.1 Å². The molecule has 0 aliphatic rings. The highest BCUT2D eigenvalue weighted by atomic mass is 16.5. The molecule has 0 aliphatic carbocycles. The predicted molar refractivity (Wildman–Crippen MR) is 134 cm³/mol. The highest BCUT2D eigenvalue weighted by Crippen LogP contribution is 2.23. The van der Waals surface area contributed by atoms with Crippen molar-refractivity contribution in [2.45, 2.75) is 6.92 Å². The first-order chi connectivity index (χ1) is 16.5. The average Bonchev–Trinajstić information content (AvgIpc) is 2.85. The van der Waals surface area contributed by atoms with Crippen molar-refractivity contribution in [3.63, 3.8) is 0 Å². The quantitative estimate of drug-likeness (QED) is 0.321. The molecule has 0 saturated carbocycles. The molecule has 8 heteroatoms. The molecular formula is C26H25N5O3. The summed E-state index contributed by atoms with van der Waals surface area (Å²) >= 11 is 0. The summed E-state index contributed by atoms with van der Waals surface area (Å²) in [5.74, 6) is 2.19. The molecule has 8 nitrogen and oxygen atoms in total. The van der Waals surface area contributed by atoms with E-state index in [0.717, 1.165) is 22.8 Å². The molecule has 4 rings (SSSR count). The van der Waals surface area contributed by atoms with Crippen LogP contribution in [0.15, 0.2) is 78.9 Å². The van der Waals surface area contributed by atoms with Gasteiger partial charge >= 0.3 is 0 Å². The lowest BCUT2D eigenvalue weighted by molar-refractivity contribution is 0.102. The maximum atomic E-state index is 12.6. The fourth-order valence-corrected chi connectivity index (χ4v) is 3.31. The Balaban J connectivity index is 1.43. The lowest BCUT2D eigenvalue weighted by atomic mass is 10.2. The Morgan fingerprint density at radius 3 is 2.12 bits per heavy atom. The van der Waals surface area contributed by atoms with E-state index in [0.29, 0.717) is 28.8 Å². The molecule has 0 unspecified atom stereocenters. The SMILES string of the molecule is COc1ccc(Nc2cc(C)nc(Nc3ccc(NC(=O)c4ccccc4OC)cc3)n2)cc1. The van der Waals surface area contributed by atoms with E-state index in [2.05, 4.69) is 25.9 Å². The van der Waals surface area contributed by atoms with Crippen molar-refractivity contribution >= 4 is 34.7 Å². The molecule has 1 aromatic heterocycles. The first-order valence-electron chi connectivity index (χ1n) is 10.6. The minimum Gasteiger partial charge on any atom is -0.497 e. The van der Waals surface area contributed by atoms with Crippen molar-refractivity contribution in [3.05, 3.63) is 90.1 Å². The minimum absolute atomic E-state index is 0.241. The van der Waals surface area contributed by atoms with Gasteiger partial charge in [0.2, 0.25) is 5.95 Å². The Hall–Kier alpha value is -4.59. The molecule has 0 fully saturated rings. The molecule has 34 heavy (non-hydrogen) atoms. The number of hydrogen-bond donors (Lipinski definition) is 3. The van der Waals surface area contributed by atoms with Crippen LogP contribution in [0.5, 0.6) is 11.5 Å². The third-order valence-corrected chi connectivity index (χ3v) is 4.97. The number of aromatic nitrogens is 2. The van der Waals surface area contributed by atoms with E-state index in [9.17, 15) is 4.79 Å². The number of amides is 1. The van der Waals surface area contributed by atoms with E-state index >= 15 is 0 Å². The van der Waals surface area contributed by atoms with Gasteiger partial charge in [-0.3, -0.25) is 4.79 Å². The first-order valence-corrected chi connectivity index (χ1v) is 10.6. The van der Waals surface area contributed by atoms with Gasteiger partial charge in [0.25, 0.3) is 5.91 Å². The van der Waals surface area contributed by atoms with Crippen molar-refractivity contribution < 1.29 is 14.3 Å². The number of aryl methyl sites for hydroxylation is 1. The molecule has 0 atom stereocenters. The number of nitrogens with zero attached hydrogens (tertiary/aromatic N) is 2. The van der Waals surface area contributed by atoms with Crippen LogP contribution in [0.25, 0.3) is 0 Å². The van der Waals surface area contributed by atoms with Gasteiger partial charge in [-0.05, 0) is 67.6 Å². The maximum absolute atomic E-state index is 12.6. The van der Waals surface area contributed by atoms with Crippen LogP contribution in [0.4, 0.5) is 28.8 Å². The number of nitrogens with one attached hydrogen (secondary N) is 3. The van der Waals surface area contributed by atoms with Gasteiger partial charge in [0.1, 0.15) is 17.3 Å². The summed E-state index contributed by atoms with van der Waals surface area (Å²) < 4.78 is 10.5. The zero-order chi connectivity index (χ0) is 23.9. The first kappa shape index (κ1) is 22.6. The molecule has 3 aromatic carbocycles. The van der Waals surface area contributed by atoms with Gasteiger partial charge in [-0.2, -0.15) is 4.98 Å². The van der Waals surface area contributed by atoms with Crippen LogP contribution in [-0.2, 0) is 0 Å². The molecule has 0 bridgehead atoms. The molecule has 3 N–H and O–H groups in total. The predicted octanol–water partition coefficient (Wildman–Crippen LogP) is 5.54. The van der Waals surface area contributed by atoms with Crippen LogP contribution < -0.4 is 25.4 Å². The molecule has 1 amide bonds. The lowest BCUT2D eigenvalue weighted by Gasteiger charge is -2.12. The Morgan fingerprint density at radius 2 is 1.41 bits per heavy atom. The van der Waals surface area contributed by atoms with Gasteiger partial charge in [0, 0.05) is 28.8 Å². The van der Waals surface area contributed by atoms with Gasteiger partial charge in [0.05, 0.1) is 19.8 Å². The molecule has 4 aromatic rings. The second-order valence-corrected chi connectivity index (χ2v) is 7.43. The summed E-state index contributed by atoms with van der Waals surface area (Å²) in [6, 6.07) is 23.9. The standard InChI is InChI=1S/C26H25N5O3/c1-17-16-24(28-18-12-14-21(33-2)15-13-18)31-26(27-17)30-20-10-8-19(9-11-20)29-25(32)22-6-4-5-7-23(22)34-3/h4-16H,1-3H3,(H,29,32)(H2,27,28,30,31). The maximum Gasteiger partial charge on any atom is 0.259 e. The van der Waals surface area contributed by atoms with Crippen LogP contribution >= 0.6 is 0 Å². The smallest absolute Gasteiger partial charge is 0.259 e. The van der Waals surface area contributed by atoms with E-state index in [1.165, 1.54) is 7.11 Å². The molecular weight excluding hydrogens is 430 g/mol. The van der Waals surface area contributed by atoms with Crippen LogP contribution in [0.3, 0.4) is 0 Å². The number of benzene rings is 3. The van der Waals surface area contributed by atoms with Gasteiger partial charge in [-0.25, -0.2) is 4.98 Å². The molecule has 172 valence electrons. The number of carbonyl (C=O) groups excluding carboxylic acids is 1. The Morgan fingerprint density at radius 1 is 0.765 bits per heavy atom. The summed E-state index contributed by atoms with van der Waals surface area (Å²) in [5.41, 5.74) is 3.62. The topological polar surface area (TPSA) is 97.4 Å². The van der Waals surface area contributed by atoms with Crippen molar-refractivity contribution in [1.82, 2.24) is 9.97 Å². The van der Waals surface area contributed by atoms with E-state index in [1.54, 1.807) is 25.3 Å². The van der Waals surface area contributed by atoms with Gasteiger partial charge in [0.15, 0.2) is 0 Å². The fraction of sp³-hybridized carbons (Fsp3) is 0.115. The third kappa shape index (κ3) is 5.60. The van der Waals surface area contributed by atoms with Crippen molar-refractivity contribution in [3.8, 4) is 11.5 Å². The van der Waals surface area contributed by atoms with Crippen molar-refractivity contribution in [2.75, 3.05) is 30.2 Å². The highest BCUT2D eigenvalue weighted by Gasteiger charge is 2.11. The summed E-state index contributed by atoms with van der Waals surface area (Å²) in [6.45, 7) is 1.91. The molecule has 0 spiro atoms. The zero-order valence-electron chi connectivity index (χ0n) is 19.1. The van der Waals surface area contributed by atoms with Gasteiger partial charge in [-0.15, -0.1) is 0 Å². The van der Waals surface area contributed by atoms with Crippen molar-refractivity contribution in [2.24, 2.45) is 0 Å². The zero-order valence-corrected chi connectivity index (χ0v) is 19.1. The largest absolute Gasteiger partial charge is 0.497 e. The average molecular weight is 456 g/mol. The number of para-hydroxylation sites is 1. The second kappa shape index (κ2) is 10.4. The second-order valence-electron chi connectivity index (χ2n) is 7.43. The molecule has 0 aliphatic heterocycles. The molecule has 0 saturated heterocycles. The van der Waals surface area contributed by atoms with Crippen LogP contribution in [0, 0.1) is 6.92 Å². The number of methoxy groups -OCH3 is 2. The minimum atomic E-state index is -0.241. The van der Waals surface area contributed by atoms with Crippen LogP contribution in [0.1, 0.15) is 16.1 Å². The monoisotopic (exact) mass is 455 g/mol. The Bertz CT molecular complexity index is 1270. The molecule has 1 heterocycles. The normalized spacial score (nSPS) is 10.3. The number of carbonyl (C=O) groups is 1. The van der Waals surface area contributed by atoms with E-state index in [1.807, 2.05) is 67.6 Å². The molecule has 0 radical (unpaired) electrons. The van der Waals surface area contributed by atoms with E-state index in [4.69, 9.17) is 9.47 Å². The Labute approximate surface area is 198 Å².